The Balaban J connectivity index is 0.000000179. The van der Waals surface area contributed by atoms with Crippen molar-refractivity contribution in [2.75, 3.05) is 88.5 Å². The van der Waals surface area contributed by atoms with E-state index in [0.29, 0.717) is 65.9 Å². The van der Waals surface area contributed by atoms with Gasteiger partial charge in [-0.2, -0.15) is 0 Å². The molecule has 26 nitrogen and oxygen atoms in total. The number of hydrogen-bond acceptors (Lipinski definition) is 20. The van der Waals surface area contributed by atoms with Gasteiger partial charge in [0.1, 0.15) is 45.8 Å². The van der Waals surface area contributed by atoms with Gasteiger partial charge in [0, 0.05) is 152 Å². The zero-order chi connectivity index (χ0) is 84.1. The molecule has 7 aliphatic rings. The van der Waals surface area contributed by atoms with Crippen LogP contribution in [-0.2, 0) is 32.9 Å². The third-order valence-corrected chi connectivity index (χ3v) is 27.7. The van der Waals surface area contributed by atoms with Crippen LogP contribution in [0, 0.1) is 54.7 Å². The third-order valence-electron chi connectivity index (χ3n) is 24.5. The molecule has 4 aromatic heterocycles. The number of ether oxygens (including phenoxy) is 4. The molecule has 0 radical (unpaired) electrons. The van der Waals surface area contributed by atoms with Gasteiger partial charge in [0.2, 0.25) is 0 Å². The molecule has 4 N–H and O–H groups in total. The van der Waals surface area contributed by atoms with Gasteiger partial charge in [0.25, 0.3) is 43.2 Å². The number of piperazine rings is 2. The van der Waals surface area contributed by atoms with Crippen molar-refractivity contribution in [3.8, 4) is 34.5 Å². The number of nitrogens with one attached hydrogen (secondary N) is 4. The highest BCUT2D eigenvalue weighted by Crippen LogP contribution is 2.49. The minimum absolute atomic E-state index is 0.0343. The summed E-state index contributed by atoms with van der Waals surface area (Å²) in [5.41, 5.74) is 11.6. The van der Waals surface area contributed by atoms with E-state index in [9.17, 15) is 46.7 Å². The Bertz CT molecular complexity index is 5600. The van der Waals surface area contributed by atoms with Crippen molar-refractivity contribution in [1.82, 2.24) is 39.2 Å². The van der Waals surface area contributed by atoms with Gasteiger partial charge in [-0.1, -0.05) is 100 Å². The molecule has 1 saturated carbocycles. The molecule has 4 aliphatic heterocycles. The van der Waals surface area contributed by atoms with Crippen LogP contribution in [0.4, 0.5) is 22.7 Å². The van der Waals surface area contributed by atoms with E-state index in [1.54, 1.807) is 60.9 Å². The van der Waals surface area contributed by atoms with Gasteiger partial charge in [0.15, 0.2) is 0 Å². The summed E-state index contributed by atoms with van der Waals surface area (Å²) in [5, 5.41) is 27.4. The lowest BCUT2D eigenvalue weighted by Crippen LogP contribution is -2.47. The number of halogens is 2. The van der Waals surface area contributed by atoms with Gasteiger partial charge in [-0.15, -0.1) is 0 Å². The number of aromatic nitrogens is 4. The number of amides is 2. The minimum atomic E-state index is -4.60. The van der Waals surface area contributed by atoms with E-state index < -0.39 is 51.5 Å². The van der Waals surface area contributed by atoms with Crippen molar-refractivity contribution in [3.63, 3.8) is 0 Å². The van der Waals surface area contributed by atoms with Crippen LogP contribution in [0.15, 0.2) is 179 Å². The Morgan fingerprint density at radius 1 is 0.558 bits per heavy atom. The number of benzene rings is 6. The molecule has 17 rings (SSSR count). The number of fused-ring (bicyclic) bond motifs is 4. The largest absolute Gasteiger partial charge is 0.493 e. The van der Waals surface area contributed by atoms with Crippen molar-refractivity contribution in [2.45, 2.75) is 116 Å². The lowest BCUT2D eigenvalue weighted by Gasteiger charge is -2.39. The topological polar surface area (TPSA) is 320 Å². The monoisotopic (exact) mass is 1700 g/mol. The molecular formula is C90H96Cl2N12O14S2. The van der Waals surface area contributed by atoms with E-state index in [1.807, 2.05) is 50.2 Å². The number of nitro groups is 2. The molecule has 30 heteroatoms. The Hall–Kier alpha value is -10.9. The van der Waals surface area contributed by atoms with Crippen molar-refractivity contribution in [2.24, 2.45) is 34.5 Å². The van der Waals surface area contributed by atoms with Crippen LogP contribution < -0.4 is 38.2 Å². The Labute approximate surface area is 707 Å². The van der Waals surface area contributed by atoms with Gasteiger partial charge >= 0.3 is 0 Å². The number of nitro benzene ring substituents is 2. The maximum Gasteiger partial charge on any atom is 0.277 e. The fourth-order valence-corrected chi connectivity index (χ4v) is 19.5. The van der Waals surface area contributed by atoms with Crippen LogP contribution in [0.25, 0.3) is 33.2 Å². The highest BCUT2D eigenvalue weighted by atomic mass is 35.5. The molecular weight excluding hydrogens is 1610 g/mol. The van der Waals surface area contributed by atoms with Crippen molar-refractivity contribution < 1.29 is 55.2 Å². The summed E-state index contributed by atoms with van der Waals surface area (Å²) in [7, 11) is -9.19. The van der Waals surface area contributed by atoms with Crippen LogP contribution in [0.2, 0.25) is 10.0 Å². The minimum Gasteiger partial charge on any atom is -0.493 e. The number of allylic oxidation sites excluding steroid dienone is 2. The molecule has 0 spiro atoms. The number of hydrogen-bond donors (Lipinski definition) is 4. The van der Waals surface area contributed by atoms with Crippen LogP contribution in [0.3, 0.4) is 0 Å². The molecule has 2 atom stereocenters. The summed E-state index contributed by atoms with van der Waals surface area (Å²) in [6.45, 7) is 22.0. The second-order valence-corrected chi connectivity index (χ2v) is 38.7. The van der Waals surface area contributed by atoms with Crippen molar-refractivity contribution in [1.29, 1.82) is 0 Å². The molecule has 120 heavy (non-hydrogen) atoms. The van der Waals surface area contributed by atoms with E-state index in [0.717, 1.165) is 161 Å². The first-order valence-corrected chi connectivity index (χ1v) is 44.5. The molecule has 3 fully saturated rings. The van der Waals surface area contributed by atoms with Crippen LogP contribution in [0.5, 0.6) is 34.5 Å². The lowest BCUT2D eigenvalue weighted by atomic mass is 9.72. The van der Waals surface area contributed by atoms with E-state index in [-0.39, 0.29) is 74.1 Å². The van der Waals surface area contributed by atoms with E-state index >= 15 is 0 Å². The first kappa shape index (κ1) is 82.8. The van der Waals surface area contributed by atoms with E-state index in [4.69, 9.17) is 42.1 Å². The standard InChI is InChI=1S/C45H47ClN6O7S.C45H49ClN6O7S/c1-45(2)13-11-31(39(24-45)29-5-7-33(46)8-6-29)26-50-15-17-51(18-16-50)34-9-10-37(42(21-34)59-35-19-30-12-14-47-43(30)48-25-35)44(53)49-60(56,57)36-22-40(52(54)55)38-20-32(28-3-4-28)27-58-41(38)23-36;1-28(2)32-20-38-40(52(54)55)22-36(23-41(38)58-27-32)60(56,57)49-44(53)37-10-9-34(21-42(37)59-35-19-30-12-14-47-43(30)48-25-35)51-17-15-50(16-18-51)26-31-11-13-45(3,4)24-39(31)29-5-7-33(46)8-6-29/h5-10,12,14,19,21-23,25,28,32H,3-4,11,13,15-18,20,24,26-27H2,1-2H3,(H,47,48)(H,49,53);5-10,12,14,19,21-23,25,28,32H,11,13,15-18,20,24,26-27H2,1-4H3,(H,47,48)(H,49,53)/t2*32-/m11/s1. The maximum absolute atomic E-state index is 14.0. The number of carbonyl (C=O) groups excluding carboxylic acids is 2. The summed E-state index contributed by atoms with van der Waals surface area (Å²) >= 11 is 12.5. The fourth-order valence-electron chi connectivity index (χ4n) is 17.3. The molecule has 10 aromatic rings. The highest BCUT2D eigenvalue weighted by molar-refractivity contribution is 7.90. The molecule has 0 bridgehead atoms. The number of rotatable bonds is 22. The average Bonchev–Trinajstić information content (AvgIpc) is 1.76. The third kappa shape index (κ3) is 18.7. The van der Waals surface area contributed by atoms with Crippen molar-refractivity contribution >= 4 is 111 Å². The second-order valence-electron chi connectivity index (χ2n) is 34.5. The van der Waals surface area contributed by atoms with E-state index in [2.05, 4.69) is 101 Å². The number of H-pyrrole nitrogens is 2. The van der Waals surface area contributed by atoms with Crippen LogP contribution >= 0.6 is 23.2 Å². The van der Waals surface area contributed by atoms with E-state index in [1.165, 1.54) is 57.9 Å². The molecule has 3 aliphatic carbocycles. The Kier molecular flexibility index (Phi) is 23.4. The average molecular weight is 1700 g/mol. The first-order chi connectivity index (χ1) is 57.4. The zero-order valence-electron chi connectivity index (χ0n) is 67.7. The quantitative estimate of drug-likeness (QED) is 0.0362. The summed E-state index contributed by atoms with van der Waals surface area (Å²) < 4.78 is 83.8. The summed E-state index contributed by atoms with van der Waals surface area (Å²) in [5.74, 6) is 0.182. The second kappa shape index (κ2) is 34.0. The van der Waals surface area contributed by atoms with Gasteiger partial charge in [-0.3, -0.25) is 39.6 Å². The number of carbonyl (C=O) groups is 2. The lowest BCUT2D eigenvalue weighted by molar-refractivity contribution is -0.386. The first-order valence-electron chi connectivity index (χ1n) is 40.8. The summed E-state index contributed by atoms with van der Waals surface area (Å²) in [6.07, 6.45) is 15.9. The molecule has 2 amide bonds. The maximum atomic E-state index is 14.0. The molecule has 0 unspecified atom stereocenters. The smallest absolute Gasteiger partial charge is 0.277 e. The molecule has 8 heterocycles. The number of aromatic amines is 2. The van der Waals surface area contributed by atoms with Gasteiger partial charge < -0.3 is 38.7 Å². The fraction of sp³-hybridized carbons (Fsp3) is 0.378. The van der Waals surface area contributed by atoms with Gasteiger partial charge in [0.05, 0.1) is 67.5 Å². The Morgan fingerprint density at radius 3 is 1.40 bits per heavy atom. The number of anilines is 2. The normalized spacial score (nSPS) is 18.9. The van der Waals surface area contributed by atoms with Gasteiger partial charge in [-0.05, 0) is 188 Å². The molecule has 626 valence electrons. The van der Waals surface area contributed by atoms with Crippen LogP contribution in [0.1, 0.15) is 136 Å². The van der Waals surface area contributed by atoms with Crippen molar-refractivity contribution in [3.05, 3.63) is 233 Å². The van der Waals surface area contributed by atoms with Gasteiger partial charge in [-0.25, -0.2) is 36.2 Å². The number of pyridine rings is 2. The summed E-state index contributed by atoms with van der Waals surface area (Å²) in [6, 6.07) is 38.3. The molecule has 6 aromatic carbocycles. The predicted molar refractivity (Wildman–Crippen MR) is 463 cm³/mol. The zero-order valence-corrected chi connectivity index (χ0v) is 70.9. The van der Waals surface area contributed by atoms with Crippen LogP contribution in [-0.4, -0.2) is 147 Å². The predicted octanol–water partition coefficient (Wildman–Crippen LogP) is 17.8. The SMILES string of the molecule is CC(C)[C@H]1COc2cc(S(=O)(=O)NC(=O)c3ccc(N4CCN(CC5=C(c6ccc(Cl)cc6)CC(C)(C)CC5)CC4)cc3Oc3cnc4[nH]ccc4c3)cc([N+](=O)[O-])c2C1.CC1(C)CCC(CN2CCN(c3ccc(C(=O)NS(=O)(=O)c4cc5c(c([N+](=O)[O-])c4)C[C@@H](C4CC4)CO5)c(Oc4cnc5[nH]ccc5c4)c3)CC2)=C(c2ccc(Cl)cc2)C1. The highest BCUT2D eigenvalue weighted by Gasteiger charge is 2.40. The molecule has 2 saturated heterocycles. The Morgan fingerprint density at radius 2 is 0.983 bits per heavy atom. The number of nitrogens with zero attached hydrogens (tertiary/aromatic N) is 8. The summed E-state index contributed by atoms with van der Waals surface area (Å²) in [4.78, 5) is 74.5. The number of sulfonamides is 2.